The molecule has 0 aliphatic carbocycles. The molecule has 5 heteroatoms. The SMILES string of the molecule is CCC(CC)N(CCOC)c1cn[nH]c1N. The predicted octanol–water partition coefficient (Wildman–Crippen LogP) is 1.63. The Morgan fingerprint density at radius 3 is 2.62 bits per heavy atom. The zero-order valence-electron chi connectivity index (χ0n) is 10.4. The predicted molar refractivity (Wildman–Crippen MR) is 66.6 cm³/mol. The van der Waals surface area contributed by atoms with E-state index in [1.807, 2.05) is 0 Å². The number of anilines is 2. The lowest BCUT2D eigenvalue weighted by molar-refractivity contribution is 0.202. The van der Waals surface area contributed by atoms with E-state index < -0.39 is 0 Å². The Labute approximate surface area is 97.0 Å². The quantitative estimate of drug-likeness (QED) is 0.741. The van der Waals surface area contributed by atoms with E-state index in [-0.39, 0.29) is 0 Å². The number of aromatic nitrogens is 2. The van der Waals surface area contributed by atoms with Crippen LogP contribution >= 0.6 is 0 Å². The summed E-state index contributed by atoms with van der Waals surface area (Å²) in [5.41, 5.74) is 6.84. The largest absolute Gasteiger partial charge is 0.383 e. The number of nitrogen functional groups attached to an aromatic ring is 1. The van der Waals surface area contributed by atoms with E-state index in [2.05, 4.69) is 28.9 Å². The second-order valence-corrected chi connectivity index (χ2v) is 3.83. The van der Waals surface area contributed by atoms with E-state index in [0.29, 0.717) is 18.5 Å². The van der Waals surface area contributed by atoms with Crippen molar-refractivity contribution in [1.82, 2.24) is 10.2 Å². The fourth-order valence-electron chi connectivity index (χ4n) is 1.94. The van der Waals surface area contributed by atoms with E-state index >= 15 is 0 Å². The van der Waals surface area contributed by atoms with Crippen LogP contribution in [-0.2, 0) is 4.74 Å². The van der Waals surface area contributed by atoms with E-state index in [4.69, 9.17) is 10.5 Å². The molecule has 0 fully saturated rings. The van der Waals surface area contributed by atoms with Gasteiger partial charge in [-0.1, -0.05) is 13.8 Å². The van der Waals surface area contributed by atoms with Gasteiger partial charge >= 0.3 is 0 Å². The van der Waals surface area contributed by atoms with E-state index in [1.54, 1.807) is 13.3 Å². The van der Waals surface area contributed by atoms with Crippen LogP contribution in [0.2, 0.25) is 0 Å². The zero-order valence-corrected chi connectivity index (χ0v) is 10.4. The first-order chi connectivity index (χ1) is 7.74. The fraction of sp³-hybridized carbons (Fsp3) is 0.727. The van der Waals surface area contributed by atoms with Crippen LogP contribution in [-0.4, -0.2) is 36.5 Å². The Bertz CT molecular complexity index is 296. The van der Waals surface area contributed by atoms with Crippen molar-refractivity contribution in [3.05, 3.63) is 6.20 Å². The summed E-state index contributed by atoms with van der Waals surface area (Å²) >= 11 is 0. The van der Waals surface area contributed by atoms with Gasteiger partial charge in [-0.15, -0.1) is 0 Å². The van der Waals surface area contributed by atoms with Crippen LogP contribution in [0.3, 0.4) is 0 Å². The normalized spacial score (nSPS) is 11.0. The molecule has 1 heterocycles. The Balaban J connectivity index is 2.82. The van der Waals surface area contributed by atoms with Crippen molar-refractivity contribution < 1.29 is 4.74 Å². The Hall–Kier alpha value is -1.23. The van der Waals surface area contributed by atoms with E-state index in [0.717, 1.165) is 25.1 Å². The van der Waals surface area contributed by atoms with Gasteiger partial charge in [-0.3, -0.25) is 5.10 Å². The van der Waals surface area contributed by atoms with Crippen LogP contribution in [0, 0.1) is 0 Å². The van der Waals surface area contributed by atoms with Gasteiger partial charge in [0, 0.05) is 19.7 Å². The average molecular weight is 226 g/mol. The van der Waals surface area contributed by atoms with Crippen LogP contribution in [0.15, 0.2) is 6.20 Å². The number of H-pyrrole nitrogens is 1. The minimum Gasteiger partial charge on any atom is -0.383 e. The van der Waals surface area contributed by atoms with Gasteiger partial charge in [-0.25, -0.2) is 0 Å². The van der Waals surface area contributed by atoms with Gasteiger partial charge in [0.15, 0.2) is 0 Å². The standard InChI is InChI=1S/C11H22N4O/c1-4-9(5-2)15(6-7-16-3)10-8-13-14-11(10)12/h8-9H,4-7H2,1-3H3,(H3,12,13,14). The average Bonchev–Trinajstić information content (AvgIpc) is 2.71. The first-order valence-electron chi connectivity index (χ1n) is 5.78. The van der Waals surface area contributed by atoms with Crippen molar-refractivity contribution in [2.24, 2.45) is 0 Å². The van der Waals surface area contributed by atoms with Gasteiger partial charge in [0.2, 0.25) is 0 Å². The molecule has 0 aromatic carbocycles. The van der Waals surface area contributed by atoms with Crippen molar-refractivity contribution in [3.8, 4) is 0 Å². The van der Waals surface area contributed by atoms with E-state index in [9.17, 15) is 0 Å². The number of nitrogens with one attached hydrogen (secondary N) is 1. The summed E-state index contributed by atoms with van der Waals surface area (Å²) in [6.07, 6.45) is 3.96. The number of rotatable bonds is 7. The second-order valence-electron chi connectivity index (χ2n) is 3.83. The summed E-state index contributed by atoms with van der Waals surface area (Å²) in [5.74, 6) is 0.628. The molecule has 0 unspecified atom stereocenters. The first kappa shape index (κ1) is 12.8. The summed E-state index contributed by atoms with van der Waals surface area (Å²) in [7, 11) is 1.71. The zero-order chi connectivity index (χ0) is 12.0. The summed E-state index contributed by atoms with van der Waals surface area (Å²) < 4.78 is 5.14. The second kappa shape index (κ2) is 6.37. The highest BCUT2D eigenvalue weighted by Crippen LogP contribution is 2.24. The van der Waals surface area contributed by atoms with Crippen molar-refractivity contribution in [3.63, 3.8) is 0 Å². The molecule has 0 saturated heterocycles. The number of nitrogens with two attached hydrogens (primary N) is 1. The summed E-state index contributed by atoms with van der Waals surface area (Å²) in [5, 5.41) is 6.74. The van der Waals surface area contributed by atoms with Gasteiger partial charge in [-0.05, 0) is 12.8 Å². The maximum atomic E-state index is 5.86. The molecule has 0 aliphatic rings. The summed E-state index contributed by atoms with van der Waals surface area (Å²) in [6, 6.07) is 0.482. The molecule has 1 rings (SSSR count). The molecule has 92 valence electrons. The number of methoxy groups -OCH3 is 1. The lowest BCUT2D eigenvalue weighted by Gasteiger charge is -2.31. The molecule has 0 bridgehead atoms. The van der Waals surface area contributed by atoms with Crippen molar-refractivity contribution in [2.75, 3.05) is 30.9 Å². The van der Waals surface area contributed by atoms with Gasteiger partial charge < -0.3 is 15.4 Å². The van der Waals surface area contributed by atoms with Crippen LogP contribution < -0.4 is 10.6 Å². The first-order valence-corrected chi connectivity index (χ1v) is 5.78. The molecule has 1 aromatic heterocycles. The molecule has 3 N–H and O–H groups in total. The monoisotopic (exact) mass is 226 g/mol. The van der Waals surface area contributed by atoms with Crippen molar-refractivity contribution in [2.45, 2.75) is 32.7 Å². The smallest absolute Gasteiger partial charge is 0.142 e. The van der Waals surface area contributed by atoms with Crippen LogP contribution in [0.4, 0.5) is 11.5 Å². The highest BCUT2D eigenvalue weighted by Gasteiger charge is 2.18. The van der Waals surface area contributed by atoms with Gasteiger partial charge in [0.05, 0.1) is 18.5 Å². The van der Waals surface area contributed by atoms with Crippen LogP contribution in [0.25, 0.3) is 0 Å². The minimum atomic E-state index is 0.482. The molecular weight excluding hydrogens is 204 g/mol. The third-order valence-corrected chi connectivity index (χ3v) is 2.88. The van der Waals surface area contributed by atoms with Gasteiger partial charge in [0.25, 0.3) is 0 Å². The maximum absolute atomic E-state index is 5.86. The number of hydrogen-bond acceptors (Lipinski definition) is 4. The lowest BCUT2D eigenvalue weighted by atomic mass is 10.1. The molecule has 5 nitrogen and oxygen atoms in total. The Morgan fingerprint density at radius 1 is 1.50 bits per heavy atom. The summed E-state index contributed by atoms with van der Waals surface area (Å²) in [6.45, 7) is 5.90. The molecule has 0 radical (unpaired) electrons. The Kier molecular flexibility index (Phi) is 5.11. The lowest BCUT2D eigenvalue weighted by Crippen LogP contribution is -2.37. The summed E-state index contributed by atoms with van der Waals surface area (Å²) in [4.78, 5) is 2.27. The van der Waals surface area contributed by atoms with Crippen molar-refractivity contribution >= 4 is 11.5 Å². The number of ether oxygens (including phenoxy) is 1. The molecule has 1 aromatic rings. The maximum Gasteiger partial charge on any atom is 0.142 e. The Morgan fingerprint density at radius 2 is 2.19 bits per heavy atom. The molecule has 0 aliphatic heterocycles. The molecular formula is C11H22N4O. The fourth-order valence-corrected chi connectivity index (χ4v) is 1.94. The third kappa shape index (κ3) is 2.88. The van der Waals surface area contributed by atoms with Crippen LogP contribution in [0.5, 0.6) is 0 Å². The third-order valence-electron chi connectivity index (χ3n) is 2.88. The molecule has 16 heavy (non-hydrogen) atoms. The highest BCUT2D eigenvalue weighted by molar-refractivity contribution is 5.62. The number of hydrogen-bond donors (Lipinski definition) is 2. The molecule has 0 amide bonds. The highest BCUT2D eigenvalue weighted by atomic mass is 16.5. The van der Waals surface area contributed by atoms with Gasteiger partial charge in [0.1, 0.15) is 5.82 Å². The molecule has 0 spiro atoms. The van der Waals surface area contributed by atoms with E-state index in [1.165, 1.54) is 0 Å². The van der Waals surface area contributed by atoms with Crippen LogP contribution in [0.1, 0.15) is 26.7 Å². The van der Waals surface area contributed by atoms with Crippen molar-refractivity contribution in [1.29, 1.82) is 0 Å². The molecule has 0 atom stereocenters. The number of aromatic amines is 1. The topological polar surface area (TPSA) is 67.2 Å². The minimum absolute atomic E-state index is 0.482. The van der Waals surface area contributed by atoms with Gasteiger partial charge in [-0.2, -0.15) is 5.10 Å². The number of nitrogens with zero attached hydrogens (tertiary/aromatic N) is 2. The molecule has 0 saturated carbocycles.